The molecule has 0 fully saturated rings. The van der Waals surface area contributed by atoms with Gasteiger partial charge < -0.3 is 10.6 Å². The Morgan fingerprint density at radius 3 is 2.87 bits per heavy atom. The zero-order valence-corrected chi connectivity index (χ0v) is 9.90. The molecule has 82 valence electrons. The standard InChI is InChI=1S/C10H12BrFN2O/c1-2-13-10(15)14-6-7-5-8(11)3-4-9(7)12/h3-5H,2,6H2,1H3,(H2,13,14,15). The van der Waals surface area contributed by atoms with Gasteiger partial charge in [-0.15, -0.1) is 0 Å². The number of amides is 2. The monoisotopic (exact) mass is 274 g/mol. The van der Waals surface area contributed by atoms with Crippen molar-refractivity contribution in [2.75, 3.05) is 6.54 Å². The SMILES string of the molecule is CCNC(=O)NCc1cc(Br)ccc1F. The highest BCUT2D eigenvalue weighted by Gasteiger charge is 2.04. The summed E-state index contributed by atoms with van der Waals surface area (Å²) in [5.41, 5.74) is 0.454. The van der Waals surface area contributed by atoms with Crippen LogP contribution in [0.15, 0.2) is 22.7 Å². The lowest BCUT2D eigenvalue weighted by Crippen LogP contribution is -2.34. The molecule has 1 aromatic rings. The third-order valence-electron chi connectivity index (χ3n) is 1.78. The van der Waals surface area contributed by atoms with Crippen LogP contribution in [0.1, 0.15) is 12.5 Å². The predicted molar refractivity (Wildman–Crippen MR) is 60.0 cm³/mol. The number of hydrogen-bond donors (Lipinski definition) is 2. The maximum Gasteiger partial charge on any atom is 0.315 e. The lowest BCUT2D eigenvalue weighted by molar-refractivity contribution is 0.241. The largest absolute Gasteiger partial charge is 0.338 e. The molecule has 1 aromatic carbocycles. The fourth-order valence-corrected chi connectivity index (χ4v) is 1.49. The Morgan fingerprint density at radius 2 is 2.20 bits per heavy atom. The van der Waals surface area contributed by atoms with E-state index in [0.717, 1.165) is 4.47 Å². The first-order chi connectivity index (χ1) is 7.13. The van der Waals surface area contributed by atoms with Gasteiger partial charge in [-0.2, -0.15) is 0 Å². The molecule has 1 rings (SSSR count). The first kappa shape index (κ1) is 12.0. The van der Waals surface area contributed by atoms with Crippen LogP contribution in [-0.2, 0) is 6.54 Å². The topological polar surface area (TPSA) is 41.1 Å². The minimum absolute atomic E-state index is 0.178. The van der Waals surface area contributed by atoms with E-state index in [1.165, 1.54) is 6.07 Å². The highest BCUT2D eigenvalue weighted by atomic mass is 79.9. The number of hydrogen-bond acceptors (Lipinski definition) is 1. The van der Waals surface area contributed by atoms with Crippen molar-refractivity contribution in [3.63, 3.8) is 0 Å². The van der Waals surface area contributed by atoms with Gasteiger partial charge >= 0.3 is 6.03 Å². The van der Waals surface area contributed by atoms with E-state index in [1.807, 2.05) is 6.92 Å². The predicted octanol–water partition coefficient (Wildman–Crippen LogP) is 2.41. The normalized spacial score (nSPS) is 9.80. The molecular weight excluding hydrogens is 263 g/mol. The van der Waals surface area contributed by atoms with E-state index in [2.05, 4.69) is 26.6 Å². The maximum atomic E-state index is 13.2. The van der Waals surface area contributed by atoms with Crippen molar-refractivity contribution >= 4 is 22.0 Å². The van der Waals surface area contributed by atoms with Crippen molar-refractivity contribution in [1.29, 1.82) is 0 Å². The van der Waals surface area contributed by atoms with Gasteiger partial charge in [0.1, 0.15) is 5.82 Å². The first-order valence-electron chi connectivity index (χ1n) is 4.59. The Balaban J connectivity index is 2.57. The van der Waals surface area contributed by atoms with E-state index in [-0.39, 0.29) is 18.4 Å². The Labute approximate surface area is 96.2 Å². The maximum absolute atomic E-state index is 13.2. The zero-order chi connectivity index (χ0) is 11.3. The Bertz CT molecular complexity index is 357. The molecule has 0 unspecified atom stereocenters. The second-order valence-corrected chi connectivity index (χ2v) is 3.86. The van der Waals surface area contributed by atoms with Crippen LogP contribution < -0.4 is 10.6 Å². The zero-order valence-electron chi connectivity index (χ0n) is 8.31. The molecule has 0 saturated carbocycles. The lowest BCUT2D eigenvalue weighted by atomic mass is 10.2. The van der Waals surface area contributed by atoms with Crippen LogP contribution in [0.25, 0.3) is 0 Å². The molecular formula is C10H12BrFN2O. The molecule has 0 aliphatic rings. The number of benzene rings is 1. The Kier molecular flexibility index (Phi) is 4.55. The van der Waals surface area contributed by atoms with Gasteiger partial charge in [-0.1, -0.05) is 15.9 Å². The van der Waals surface area contributed by atoms with Crippen molar-refractivity contribution in [3.8, 4) is 0 Å². The molecule has 15 heavy (non-hydrogen) atoms. The number of nitrogens with one attached hydrogen (secondary N) is 2. The van der Waals surface area contributed by atoms with Crippen LogP contribution in [0.3, 0.4) is 0 Å². The van der Waals surface area contributed by atoms with Crippen LogP contribution in [0.4, 0.5) is 9.18 Å². The van der Waals surface area contributed by atoms with E-state index >= 15 is 0 Å². The summed E-state index contributed by atoms with van der Waals surface area (Å²) in [6.07, 6.45) is 0. The summed E-state index contributed by atoms with van der Waals surface area (Å²) in [5, 5.41) is 5.12. The third kappa shape index (κ3) is 3.87. The molecule has 2 N–H and O–H groups in total. The van der Waals surface area contributed by atoms with Gasteiger partial charge in [0.2, 0.25) is 0 Å². The molecule has 0 aromatic heterocycles. The first-order valence-corrected chi connectivity index (χ1v) is 5.38. The van der Waals surface area contributed by atoms with Gasteiger partial charge in [0, 0.05) is 23.1 Å². The summed E-state index contributed by atoms with van der Waals surface area (Å²) >= 11 is 3.24. The van der Waals surface area contributed by atoms with Crippen molar-refractivity contribution in [3.05, 3.63) is 34.1 Å². The lowest BCUT2D eigenvalue weighted by Gasteiger charge is -2.07. The van der Waals surface area contributed by atoms with Crippen molar-refractivity contribution in [2.45, 2.75) is 13.5 Å². The van der Waals surface area contributed by atoms with Crippen LogP contribution in [0.2, 0.25) is 0 Å². The van der Waals surface area contributed by atoms with Gasteiger partial charge in [0.05, 0.1) is 0 Å². The Morgan fingerprint density at radius 1 is 1.47 bits per heavy atom. The van der Waals surface area contributed by atoms with Gasteiger partial charge in [0.25, 0.3) is 0 Å². The molecule has 0 aliphatic carbocycles. The van der Waals surface area contributed by atoms with E-state index in [4.69, 9.17) is 0 Å². The van der Waals surface area contributed by atoms with Gasteiger partial charge in [-0.3, -0.25) is 0 Å². The molecule has 0 saturated heterocycles. The smallest absolute Gasteiger partial charge is 0.315 e. The van der Waals surface area contributed by atoms with E-state index < -0.39 is 0 Å². The van der Waals surface area contributed by atoms with Gasteiger partial charge in [-0.05, 0) is 25.1 Å². The fraction of sp³-hybridized carbons (Fsp3) is 0.300. The van der Waals surface area contributed by atoms with E-state index in [9.17, 15) is 9.18 Å². The van der Waals surface area contributed by atoms with Crippen LogP contribution in [0, 0.1) is 5.82 Å². The average Bonchev–Trinajstić information content (AvgIpc) is 2.20. The van der Waals surface area contributed by atoms with E-state index in [1.54, 1.807) is 12.1 Å². The summed E-state index contributed by atoms with van der Waals surface area (Å²) in [7, 11) is 0. The van der Waals surface area contributed by atoms with Crippen LogP contribution >= 0.6 is 15.9 Å². The third-order valence-corrected chi connectivity index (χ3v) is 2.28. The number of rotatable bonds is 3. The molecule has 2 amide bonds. The molecule has 5 heteroatoms. The quantitative estimate of drug-likeness (QED) is 0.873. The summed E-state index contributed by atoms with van der Waals surface area (Å²) in [6.45, 7) is 2.54. The average molecular weight is 275 g/mol. The molecule has 0 heterocycles. The summed E-state index contributed by atoms with van der Waals surface area (Å²) in [4.78, 5) is 11.1. The highest BCUT2D eigenvalue weighted by molar-refractivity contribution is 9.10. The van der Waals surface area contributed by atoms with Gasteiger partial charge in [0.15, 0.2) is 0 Å². The molecule has 0 atom stereocenters. The minimum Gasteiger partial charge on any atom is -0.338 e. The Hall–Kier alpha value is -1.10. The van der Waals surface area contributed by atoms with Crippen LogP contribution in [-0.4, -0.2) is 12.6 Å². The molecule has 0 spiro atoms. The highest BCUT2D eigenvalue weighted by Crippen LogP contribution is 2.15. The molecule has 0 bridgehead atoms. The number of halogens is 2. The summed E-state index contributed by atoms with van der Waals surface area (Å²) in [5.74, 6) is -0.324. The van der Waals surface area contributed by atoms with Crippen molar-refractivity contribution < 1.29 is 9.18 Å². The minimum atomic E-state index is -0.324. The molecule has 3 nitrogen and oxygen atoms in total. The second kappa shape index (κ2) is 5.70. The number of urea groups is 1. The van der Waals surface area contributed by atoms with E-state index in [0.29, 0.717) is 12.1 Å². The molecule has 0 radical (unpaired) electrons. The number of carbonyl (C=O) groups is 1. The van der Waals surface area contributed by atoms with Crippen LogP contribution in [0.5, 0.6) is 0 Å². The summed E-state index contributed by atoms with van der Waals surface area (Å²) < 4.78 is 14.0. The fourth-order valence-electron chi connectivity index (χ4n) is 1.08. The summed E-state index contributed by atoms with van der Waals surface area (Å²) in [6, 6.07) is 4.32. The van der Waals surface area contributed by atoms with Crippen molar-refractivity contribution in [2.24, 2.45) is 0 Å². The molecule has 0 aliphatic heterocycles. The second-order valence-electron chi connectivity index (χ2n) is 2.95. The number of carbonyl (C=O) groups excluding carboxylic acids is 1. The van der Waals surface area contributed by atoms with Gasteiger partial charge in [-0.25, -0.2) is 9.18 Å². The van der Waals surface area contributed by atoms with Crippen molar-refractivity contribution in [1.82, 2.24) is 10.6 Å².